The molecule has 1 aliphatic rings. The van der Waals surface area contributed by atoms with Gasteiger partial charge >= 0.3 is 0 Å². The number of benzene rings is 3. The molecular weight excluding hydrogens is 304 g/mol. The van der Waals surface area contributed by atoms with Gasteiger partial charge < -0.3 is 0 Å². The highest BCUT2D eigenvalue weighted by Crippen LogP contribution is 2.36. The lowest BCUT2D eigenvalue weighted by atomic mass is 10.1. The lowest BCUT2D eigenvalue weighted by Crippen LogP contribution is -2.02. The Labute approximate surface area is 142 Å². The molecule has 0 heterocycles. The minimum Gasteiger partial charge on any atom is -0.278 e. The molecule has 0 radical (unpaired) electrons. The highest BCUT2D eigenvalue weighted by Gasteiger charge is 2.23. The summed E-state index contributed by atoms with van der Waals surface area (Å²) in [5.41, 5.74) is 11.3. The largest absolute Gasteiger partial charge is 0.278 e. The molecule has 1 aliphatic carbocycles. The van der Waals surface area contributed by atoms with E-state index in [4.69, 9.17) is 0 Å². The lowest BCUT2D eigenvalue weighted by Gasteiger charge is -2.04. The Balaban J connectivity index is 0.00000156. The average Bonchev–Trinajstić information content (AvgIpc) is 2.89. The predicted molar refractivity (Wildman–Crippen MR) is 99.6 cm³/mol. The molecule has 4 rings (SSSR count). The third kappa shape index (κ3) is 2.73. The quantitative estimate of drug-likeness (QED) is 0.500. The number of aryl methyl sites for hydroxylation is 1. The van der Waals surface area contributed by atoms with Crippen molar-refractivity contribution in [2.75, 3.05) is 5.43 Å². The normalized spacial score (nSPS) is 11.3. The van der Waals surface area contributed by atoms with E-state index in [1.54, 1.807) is 0 Å². The van der Waals surface area contributed by atoms with E-state index >= 15 is 0 Å². The number of nitrogens with zero attached hydrogens (tertiary/aromatic N) is 1. The van der Waals surface area contributed by atoms with Gasteiger partial charge in [0, 0.05) is 11.1 Å². The number of hydrogen-bond acceptors (Lipinski definition) is 2. The first kappa shape index (κ1) is 15.3. The summed E-state index contributed by atoms with van der Waals surface area (Å²) in [7, 11) is 0. The molecule has 0 spiro atoms. The molecule has 0 unspecified atom stereocenters. The number of nitrogens with one attached hydrogen (secondary N) is 1. The fourth-order valence-corrected chi connectivity index (χ4v) is 2.86. The van der Waals surface area contributed by atoms with E-state index < -0.39 is 0 Å². The SMILES string of the molecule is Cc1ccc(NN=C2c3ccccc3-c3ccccc32)cc1.Cl. The van der Waals surface area contributed by atoms with Crippen molar-refractivity contribution >= 4 is 23.8 Å². The molecule has 1 N–H and O–H groups in total. The highest BCUT2D eigenvalue weighted by atomic mass is 35.5. The summed E-state index contributed by atoms with van der Waals surface area (Å²) >= 11 is 0. The Morgan fingerprint density at radius 1 is 0.652 bits per heavy atom. The molecule has 3 aromatic rings. The summed E-state index contributed by atoms with van der Waals surface area (Å²) < 4.78 is 0. The van der Waals surface area contributed by atoms with Crippen LogP contribution in [-0.4, -0.2) is 5.71 Å². The number of halogens is 1. The second-order valence-corrected chi connectivity index (χ2v) is 5.53. The van der Waals surface area contributed by atoms with Gasteiger partial charge in [0.2, 0.25) is 0 Å². The summed E-state index contributed by atoms with van der Waals surface area (Å²) in [4.78, 5) is 0. The van der Waals surface area contributed by atoms with Crippen LogP contribution >= 0.6 is 12.4 Å². The van der Waals surface area contributed by atoms with Gasteiger partial charge in [0.1, 0.15) is 0 Å². The Kier molecular flexibility index (Phi) is 4.18. The number of rotatable bonds is 2. The van der Waals surface area contributed by atoms with E-state index in [1.165, 1.54) is 27.8 Å². The minimum atomic E-state index is 0. The van der Waals surface area contributed by atoms with Crippen molar-refractivity contribution in [3.63, 3.8) is 0 Å². The first-order valence-corrected chi connectivity index (χ1v) is 7.42. The van der Waals surface area contributed by atoms with E-state index in [2.05, 4.69) is 78.1 Å². The standard InChI is InChI=1S/C20H16N2.ClH/c1-14-10-12-15(13-11-14)21-22-20-18-8-4-2-6-16(18)17-7-3-5-9-19(17)20;/h2-13,21H,1H3;1H. The molecule has 3 heteroatoms. The first-order valence-electron chi connectivity index (χ1n) is 7.42. The van der Waals surface area contributed by atoms with Crippen molar-refractivity contribution in [3.8, 4) is 11.1 Å². The van der Waals surface area contributed by atoms with Gasteiger partial charge in [-0.2, -0.15) is 5.10 Å². The van der Waals surface area contributed by atoms with Crippen LogP contribution in [0.25, 0.3) is 11.1 Å². The van der Waals surface area contributed by atoms with Gasteiger partial charge in [0.15, 0.2) is 0 Å². The van der Waals surface area contributed by atoms with E-state index in [1.807, 2.05) is 12.1 Å². The zero-order valence-electron chi connectivity index (χ0n) is 12.8. The molecule has 2 nitrogen and oxygen atoms in total. The monoisotopic (exact) mass is 320 g/mol. The fourth-order valence-electron chi connectivity index (χ4n) is 2.86. The maximum atomic E-state index is 4.67. The van der Waals surface area contributed by atoms with Gasteiger partial charge in [-0.25, -0.2) is 0 Å². The molecule has 0 atom stereocenters. The van der Waals surface area contributed by atoms with Crippen LogP contribution in [-0.2, 0) is 0 Å². The molecule has 0 aliphatic heterocycles. The van der Waals surface area contributed by atoms with Crippen molar-refractivity contribution in [1.29, 1.82) is 0 Å². The van der Waals surface area contributed by atoms with Crippen molar-refractivity contribution in [2.24, 2.45) is 5.10 Å². The second-order valence-electron chi connectivity index (χ2n) is 5.53. The maximum absolute atomic E-state index is 4.67. The molecule has 0 saturated carbocycles. The smallest absolute Gasteiger partial charge is 0.0990 e. The predicted octanol–water partition coefficient (Wildman–Crippen LogP) is 5.26. The Morgan fingerprint density at radius 2 is 1.13 bits per heavy atom. The fraction of sp³-hybridized carbons (Fsp3) is 0.0500. The van der Waals surface area contributed by atoms with Crippen molar-refractivity contribution in [3.05, 3.63) is 89.5 Å². The Hall–Kier alpha value is -2.58. The lowest BCUT2D eigenvalue weighted by molar-refractivity contribution is 1.32. The van der Waals surface area contributed by atoms with Crippen molar-refractivity contribution < 1.29 is 0 Å². The molecule has 0 amide bonds. The third-order valence-corrected chi connectivity index (χ3v) is 4.00. The molecule has 0 saturated heterocycles. The topological polar surface area (TPSA) is 24.4 Å². The van der Waals surface area contributed by atoms with Crippen LogP contribution in [0.1, 0.15) is 16.7 Å². The Bertz CT molecular complexity index is 819. The minimum absolute atomic E-state index is 0. The zero-order chi connectivity index (χ0) is 14.9. The van der Waals surface area contributed by atoms with E-state index in [0.29, 0.717) is 0 Å². The van der Waals surface area contributed by atoms with E-state index in [-0.39, 0.29) is 12.4 Å². The number of anilines is 1. The second kappa shape index (κ2) is 6.27. The number of hydrogen-bond donors (Lipinski definition) is 1. The average molecular weight is 321 g/mol. The molecule has 3 aromatic carbocycles. The van der Waals surface area contributed by atoms with Gasteiger partial charge in [0.25, 0.3) is 0 Å². The number of fused-ring (bicyclic) bond motifs is 3. The summed E-state index contributed by atoms with van der Waals surface area (Å²) in [6.07, 6.45) is 0. The van der Waals surface area contributed by atoms with Crippen LogP contribution in [0.3, 0.4) is 0 Å². The molecule has 0 fully saturated rings. The van der Waals surface area contributed by atoms with Crippen LogP contribution in [0.2, 0.25) is 0 Å². The van der Waals surface area contributed by atoms with Gasteiger partial charge in [0.05, 0.1) is 11.4 Å². The number of hydrazone groups is 1. The molecule has 0 bridgehead atoms. The summed E-state index contributed by atoms with van der Waals surface area (Å²) in [5.74, 6) is 0. The van der Waals surface area contributed by atoms with E-state index in [9.17, 15) is 0 Å². The third-order valence-electron chi connectivity index (χ3n) is 4.00. The molecule has 23 heavy (non-hydrogen) atoms. The van der Waals surface area contributed by atoms with Crippen LogP contribution in [0, 0.1) is 6.92 Å². The Morgan fingerprint density at radius 3 is 1.65 bits per heavy atom. The van der Waals surface area contributed by atoms with Crippen LogP contribution in [0.5, 0.6) is 0 Å². The maximum Gasteiger partial charge on any atom is 0.0990 e. The van der Waals surface area contributed by atoms with Gasteiger partial charge in [-0.1, -0.05) is 66.2 Å². The molecule has 114 valence electrons. The summed E-state index contributed by atoms with van der Waals surface area (Å²) in [5, 5.41) is 4.67. The van der Waals surface area contributed by atoms with Crippen molar-refractivity contribution in [2.45, 2.75) is 6.92 Å². The van der Waals surface area contributed by atoms with Crippen molar-refractivity contribution in [1.82, 2.24) is 0 Å². The van der Waals surface area contributed by atoms with E-state index in [0.717, 1.165) is 11.4 Å². The highest BCUT2D eigenvalue weighted by molar-refractivity contribution is 6.24. The van der Waals surface area contributed by atoms with Gasteiger partial charge in [-0.05, 0) is 30.2 Å². The molecular formula is C20H17ClN2. The van der Waals surface area contributed by atoms with Crippen LogP contribution in [0.4, 0.5) is 5.69 Å². The van der Waals surface area contributed by atoms with Crippen LogP contribution in [0.15, 0.2) is 77.9 Å². The summed E-state index contributed by atoms with van der Waals surface area (Å²) in [6.45, 7) is 2.08. The van der Waals surface area contributed by atoms with Gasteiger partial charge in [-0.3, -0.25) is 5.43 Å². The van der Waals surface area contributed by atoms with Crippen LogP contribution < -0.4 is 5.43 Å². The summed E-state index contributed by atoms with van der Waals surface area (Å²) in [6, 6.07) is 25.1. The zero-order valence-corrected chi connectivity index (χ0v) is 13.6. The first-order chi connectivity index (χ1) is 10.8. The molecule has 0 aromatic heterocycles. The van der Waals surface area contributed by atoms with Gasteiger partial charge in [-0.15, -0.1) is 12.4 Å².